The number of carbonyl (C=O) groups is 1. The number of nitriles is 1. The molecule has 0 aliphatic rings. The predicted molar refractivity (Wildman–Crippen MR) is 81.1 cm³/mol. The van der Waals surface area contributed by atoms with Gasteiger partial charge in [-0.2, -0.15) is 5.26 Å². The topological polar surface area (TPSA) is 62.1 Å². The van der Waals surface area contributed by atoms with Crippen LogP contribution in [0.4, 0.5) is 5.69 Å². The first-order valence-corrected chi connectivity index (χ1v) is 6.63. The van der Waals surface area contributed by atoms with E-state index < -0.39 is 0 Å². The standard InChI is InChI=1S/C17H16N2O2/c1-13-4-2-3-5-16(13)19-17(20)12-21-15-8-6-14(7-9-15)10-11-18/h2-9H,10,12H2,1H3,(H,19,20). The summed E-state index contributed by atoms with van der Waals surface area (Å²) in [6.45, 7) is 1.89. The van der Waals surface area contributed by atoms with E-state index in [1.807, 2.05) is 43.3 Å². The number of nitrogens with one attached hydrogen (secondary N) is 1. The van der Waals surface area contributed by atoms with E-state index in [1.165, 1.54) is 0 Å². The number of anilines is 1. The number of benzene rings is 2. The minimum atomic E-state index is -0.203. The van der Waals surface area contributed by atoms with Crippen molar-refractivity contribution in [2.45, 2.75) is 13.3 Å². The van der Waals surface area contributed by atoms with Crippen LogP contribution < -0.4 is 10.1 Å². The van der Waals surface area contributed by atoms with Crippen molar-refractivity contribution < 1.29 is 9.53 Å². The van der Waals surface area contributed by atoms with Gasteiger partial charge in [0.15, 0.2) is 6.61 Å². The van der Waals surface area contributed by atoms with Crippen LogP contribution in [0.2, 0.25) is 0 Å². The molecule has 0 spiro atoms. The van der Waals surface area contributed by atoms with Crippen LogP contribution in [0.1, 0.15) is 11.1 Å². The normalized spacial score (nSPS) is 9.71. The van der Waals surface area contributed by atoms with Crippen molar-refractivity contribution in [3.05, 3.63) is 59.7 Å². The predicted octanol–water partition coefficient (Wildman–Crippen LogP) is 3.08. The number of hydrogen-bond donors (Lipinski definition) is 1. The van der Waals surface area contributed by atoms with Crippen molar-refractivity contribution in [2.75, 3.05) is 11.9 Å². The number of rotatable bonds is 5. The average Bonchev–Trinajstić information content (AvgIpc) is 2.49. The Hall–Kier alpha value is -2.80. The fourth-order valence-electron chi connectivity index (χ4n) is 1.84. The summed E-state index contributed by atoms with van der Waals surface area (Å²) in [5, 5.41) is 11.4. The van der Waals surface area contributed by atoms with Crippen LogP contribution in [0.3, 0.4) is 0 Å². The van der Waals surface area contributed by atoms with Crippen molar-refractivity contribution in [1.82, 2.24) is 0 Å². The molecule has 0 heterocycles. The van der Waals surface area contributed by atoms with Crippen molar-refractivity contribution in [2.24, 2.45) is 0 Å². The van der Waals surface area contributed by atoms with Gasteiger partial charge < -0.3 is 10.1 Å². The molecule has 0 saturated heterocycles. The Morgan fingerprint density at radius 3 is 2.57 bits per heavy atom. The van der Waals surface area contributed by atoms with E-state index in [1.54, 1.807) is 12.1 Å². The van der Waals surface area contributed by atoms with Crippen molar-refractivity contribution >= 4 is 11.6 Å². The third kappa shape index (κ3) is 4.36. The minimum Gasteiger partial charge on any atom is -0.484 e. The highest BCUT2D eigenvalue weighted by Gasteiger charge is 2.05. The zero-order chi connectivity index (χ0) is 15.1. The Morgan fingerprint density at radius 2 is 1.90 bits per heavy atom. The molecule has 0 radical (unpaired) electrons. The molecule has 106 valence electrons. The zero-order valence-corrected chi connectivity index (χ0v) is 11.8. The number of aryl methyl sites for hydroxylation is 1. The Labute approximate surface area is 124 Å². The molecule has 0 unspecified atom stereocenters. The Bertz CT molecular complexity index is 657. The third-order valence-electron chi connectivity index (χ3n) is 3.00. The lowest BCUT2D eigenvalue weighted by Crippen LogP contribution is -2.20. The molecule has 0 aromatic heterocycles. The summed E-state index contributed by atoms with van der Waals surface area (Å²) in [6, 6.07) is 16.8. The summed E-state index contributed by atoms with van der Waals surface area (Å²) >= 11 is 0. The molecular formula is C17H16N2O2. The average molecular weight is 280 g/mol. The quantitative estimate of drug-likeness (QED) is 0.915. The number of carbonyl (C=O) groups excluding carboxylic acids is 1. The lowest BCUT2D eigenvalue weighted by atomic mass is 10.2. The molecule has 0 bridgehead atoms. The summed E-state index contributed by atoms with van der Waals surface area (Å²) in [4.78, 5) is 11.8. The number of hydrogen-bond acceptors (Lipinski definition) is 3. The van der Waals surface area contributed by atoms with Crippen LogP contribution in [-0.4, -0.2) is 12.5 Å². The van der Waals surface area contributed by atoms with Gasteiger partial charge in [0.05, 0.1) is 12.5 Å². The van der Waals surface area contributed by atoms with E-state index in [9.17, 15) is 4.79 Å². The fourth-order valence-corrected chi connectivity index (χ4v) is 1.84. The number of para-hydroxylation sites is 1. The number of amides is 1. The van der Waals surface area contributed by atoms with Gasteiger partial charge in [0.25, 0.3) is 5.91 Å². The van der Waals surface area contributed by atoms with Gasteiger partial charge in [-0.3, -0.25) is 4.79 Å². The van der Waals surface area contributed by atoms with E-state index in [4.69, 9.17) is 10.00 Å². The molecule has 0 atom stereocenters. The van der Waals surface area contributed by atoms with Crippen LogP contribution in [0, 0.1) is 18.3 Å². The molecule has 4 heteroatoms. The summed E-state index contributed by atoms with van der Waals surface area (Å²) in [6.07, 6.45) is 0.369. The number of ether oxygens (including phenoxy) is 1. The largest absolute Gasteiger partial charge is 0.484 e. The Balaban J connectivity index is 1.87. The lowest BCUT2D eigenvalue weighted by Gasteiger charge is -2.09. The second-order valence-electron chi connectivity index (χ2n) is 4.63. The molecule has 0 saturated carbocycles. The SMILES string of the molecule is Cc1ccccc1NC(=O)COc1ccc(CC#N)cc1. The highest BCUT2D eigenvalue weighted by Crippen LogP contribution is 2.14. The van der Waals surface area contributed by atoms with Crippen LogP contribution in [0.5, 0.6) is 5.75 Å². The van der Waals surface area contributed by atoms with Gasteiger partial charge >= 0.3 is 0 Å². The molecule has 0 fully saturated rings. The van der Waals surface area contributed by atoms with Gasteiger partial charge in [0.2, 0.25) is 0 Å². The van der Waals surface area contributed by atoms with Crippen molar-refractivity contribution in [3.8, 4) is 11.8 Å². The van der Waals surface area contributed by atoms with Crippen LogP contribution in [0.25, 0.3) is 0 Å². The van der Waals surface area contributed by atoms with Gasteiger partial charge in [0.1, 0.15) is 5.75 Å². The summed E-state index contributed by atoms with van der Waals surface area (Å²) < 4.78 is 5.42. The second-order valence-corrected chi connectivity index (χ2v) is 4.63. The summed E-state index contributed by atoms with van der Waals surface area (Å²) in [7, 11) is 0. The fraction of sp³-hybridized carbons (Fsp3) is 0.176. The first-order chi connectivity index (χ1) is 10.2. The molecule has 0 aliphatic heterocycles. The van der Waals surface area contributed by atoms with Gasteiger partial charge in [-0.15, -0.1) is 0 Å². The van der Waals surface area contributed by atoms with Gasteiger partial charge in [-0.05, 0) is 36.2 Å². The van der Waals surface area contributed by atoms with E-state index >= 15 is 0 Å². The van der Waals surface area contributed by atoms with Crippen LogP contribution >= 0.6 is 0 Å². The molecule has 4 nitrogen and oxygen atoms in total. The molecule has 1 amide bonds. The van der Waals surface area contributed by atoms with Gasteiger partial charge in [-0.1, -0.05) is 30.3 Å². The van der Waals surface area contributed by atoms with Crippen LogP contribution in [0.15, 0.2) is 48.5 Å². The van der Waals surface area contributed by atoms with E-state index in [2.05, 4.69) is 11.4 Å². The van der Waals surface area contributed by atoms with Gasteiger partial charge in [-0.25, -0.2) is 0 Å². The van der Waals surface area contributed by atoms with Crippen LogP contribution in [-0.2, 0) is 11.2 Å². The third-order valence-corrected chi connectivity index (χ3v) is 3.00. The molecular weight excluding hydrogens is 264 g/mol. The van der Waals surface area contributed by atoms with Crippen molar-refractivity contribution in [1.29, 1.82) is 5.26 Å². The molecule has 21 heavy (non-hydrogen) atoms. The molecule has 2 aromatic rings. The Kier molecular flexibility index (Phi) is 4.94. The molecule has 2 aromatic carbocycles. The minimum absolute atomic E-state index is 0.0497. The van der Waals surface area contributed by atoms with Gasteiger partial charge in [0, 0.05) is 5.69 Å². The summed E-state index contributed by atoms with van der Waals surface area (Å²) in [5.41, 5.74) is 2.72. The van der Waals surface area contributed by atoms with Crippen molar-refractivity contribution in [3.63, 3.8) is 0 Å². The highest BCUT2D eigenvalue weighted by molar-refractivity contribution is 5.92. The first-order valence-electron chi connectivity index (χ1n) is 6.63. The Morgan fingerprint density at radius 1 is 1.19 bits per heavy atom. The maximum absolute atomic E-state index is 11.8. The number of nitrogens with zero attached hydrogens (tertiary/aromatic N) is 1. The molecule has 1 N–H and O–H groups in total. The smallest absolute Gasteiger partial charge is 0.262 e. The maximum Gasteiger partial charge on any atom is 0.262 e. The molecule has 2 rings (SSSR count). The maximum atomic E-state index is 11.8. The monoisotopic (exact) mass is 280 g/mol. The summed E-state index contributed by atoms with van der Waals surface area (Å²) in [5.74, 6) is 0.405. The second kappa shape index (κ2) is 7.11. The highest BCUT2D eigenvalue weighted by atomic mass is 16.5. The zero-order valence-electron chi connectivity index (χ0n) is 11.8. The van der Waals surface area contributed by atoms with E-state index in [0.29, 0.717) is 12.2 Å². The molecule has 0 aliphatic carbocycles. The lowest BCUT2D eigenvalue weighted by molar-refractivity contribution is -0.118. The van der Waals surface area contributed by atoms with E-state index in [-0.39, 0.29) is 12.5 Å². The first kappa shape index (κ1) is 14.6. The van der Waals surface area contributed by atoms with E-state index in [0.717, 1.165) is 16.8 Å².